The second-order valence-corrected chi connectivity index (χ2v) is 11.0. The topological polar surface area (TPSA) is 95.8 Å². The maximum atomic E-state index is 13.5. The third-order valence-corrected chi connectivity index (χ3v) is 7.08. The minimum Gasteiger partial charge on any atom is -0.444 e. The van der Waals surface area contributed by atoms with Gasteiger partial charge in [-0.25, -0.2) is 9.78 Å². The Balaban J connectivity index is 1.39. The minimum absolute atomic E-state index is 0.122. The van der Waals surface area contributed by atoms with E-state index in [1.165, 1.54) is 5.56 Å². The lowest BCUT2D eigenvalue weighted by molar-refractivity contribution is 0.0140. The molecule has 0 N–H and O–H groups in total. The molecule has 2 aromatic rings. The van der Waals surface area contributed by atoms with Crippen LogP contribution in [0.2, 0.25) is 0 Å². The zero-order chi connectivity index (χ0) is 25.6. The minimum atomic E-state index is -0.602. The van der Waals surface area contributed by atoms with Gasteiger partial charge in [0.15, 0.2) is 0 Å². The van der Waals surface area contributed by atoms with E-state index in [0.29, 0.717) is 43.3 Å². The number of carbonyl (C=O) groups excluding carboxylic acids is 2. The lowest BCUT2D eigenvalue weighted by Crippen LogP contribution is -2.43. The van der Waals surface area contributed by atoms with E-state index in [1.807, 2.05) is 56.0 Å². The molecule has 1 aromatic heterocycles. The molecule has 0 radical (unpaired) electrons. The molecule has 3 heterocycles. The molecule has 2 fully saturated rings. The van der Waals surface area contributed by atoms with Gasteiger partial charge in [0, 0.05) is 31.3 Å². The van der Waals surface area contributed by atoms with E-state index in [9.17, 15) is 14.9 Å². The summed E-state index contributed by atoms with van der Waals surface area (Å²) in [5.74, 6) is 0.369. The summed E-state index contributed by atoms with van der Waals surface area (Å²) in [6.07, 6.45) is 2.50. The van der Waals surface area contributed by atoms with Gasteiger partial charge < -0.3 is 19.3 Å². The molecule has 36 heavy (non-hydrogen) atoms. The van der Waals surface area contributed by atoms with Crippen molar-refractivity contribution in [3.05, 3.63) is 52.7 Å². The van der Waals surface area contributed by atoms with Crippen molar-refractivity contribution in [2.24, 2.45) is 0 Å². The lowest BCUT2D eigenvalue weighted by Gasteiger charge is -2.28. The third kappa shape index (κ3) is 4.68. The molecule has 2 atom stereocenters. The first-order chi connectivity index (χ1) is 17.2. The fraction of sp³-hybridized carbons (Fsp3) is 0.500. The van der Waals surface area contributed by atoms with E-state index in [2.05, 4.69) is 6.07 Å². The molecule has 2 aliphatic heterocycles. The Morgan fingerprint density at radius 2 is 2.00 bits per heavy atom. The molecule has 1 aromatic carbocycles. The predicted octanol–water partition coefficient (Wildman–Crippen LogP) is 4.48. The zero-order valence-electron chi connectivity index (χ0n) is 21.3. The summed E-state index contributed by atoms with van der Waals surface area (Å²) in [5, 5.41) is 9.41. The number of aromatic nitrogens is 1. The molecular weight excluding hydrogens is 456 g/mol. The largest absolute Gasteiger partial charge is 0.444 e. The summed E-state index contributed by atoms with van der Waals surface area (Å²) >= 11 is 0. The Morgan fingerprint density at radius 1 is 1.22 bits per heavy atom. The second kappa shape index (κ2) is 9.21. The standard InChI is InChI=1S/C28H32N4O4/c1-28(2,3)36-27(34)32-15-20(12-21(32)16-35-4)31-14-19-8-10-24(30-25(19)26(31)33)23-11-17(13-29)5-9-22(23)18-6-7-18/h5,8-11,18,20-21H,6-7,12,14-16H2,1-4H3/t20-,21+/m1/s1. The molecule has 8 heteroatoms. The number of ether oxygens (including phenoxy) is 2. The number of hydrogen-bond donors (Lipinski definition) is 0. The van der Waals surface area contributed by atoms with Gasteiger partial charge in [0.05, 0.1) is 36.0 Å². The van der Waals surface area contributed by atoms with Gasteiger partial charge in [-0.2, -0.15) is 5.26 Å². The molecule has 0 spiro atoms. The van der Waals surface area contributed by atoms with Crippen molar-refractivity contribution >= 4 is 12.0 Å². The summed E-state index contributed by atoms with van der Waals surface area (Å²) in [7, 11) is 1.61. The van der Waals surface area contributed by atoms with Crippen molar-refractivity contribution in [2.45, 2.75) is 70.2 Å². The summed E-state index contributed by atoms with van der Waals surface area (Å²) in [6.45, 7) is 6.76. The SMILES string of the molecule is COC[C@@H]1C[C@@H](N2Cc3ccc(-c4cc(C#N)ccc4C4CC4)nc3C2=O)CN1C(=O)OC(C)(C)C. The smallest absolute Gasteiger partial charge is 0.410 e. The number of nitriles is 1. The van der Waals surface area contributed by atoms with Crippen molar-refractivity contribution < 1.29 is 19.1 Å². The second-order valence-electron chi connectivity index (χ2n) is 11.0. The number of methoxy groups -OCH3 is 1. The van der Waals surface area contributed by atoms with Crippen molar-refractivity contribution in [3.8, 4) is 17.3 Å². The fourth-order valence-corrected chi connectivity index (χ4v) is 5.25. The number of rotatable bonds is 5. The van der Waals surface area contributed by atoms with Crippen LogP contribution < -0.4 is 0 Å². The van der Waals surface area contributed by atoms with Crippen LogP contribution in [0.15, 0.2) is 30.3 Å². The average Bonchev–Trinajstić information content (AvgIpc) is 3.52. The van der Waals surface area contributed by atoms with Crippen LogP contribution in [0, 0.1) is 11.3 Å². The average molecular weight is 489 g/mol. The quantitative estimate of drug-likeness (QED) is 0.616. The molecule has 8 nitrogen and oxygen atoms in total. The highest BCUT2D eigenvalue weighted by Crippen LogP contribution is 2.44. The van der Waals surface area contributed by atoms with E-state index in [4.69, 9.17) is 14.5 Å². The maximum Gasteiger partial charge on any atom is 0.410 e. The van der Waals surface area contributed by atoms with E-state index in [0.717, 1.165) is 29.7 Å². The summed E-state index contributed by atoms with van der Waals surface area (Å²) in [5.41, 5.74) is 4.17. The highest BCUT2D eigenvalue weighted by Gasteiger charge is 2.44. The molecule has 2 amide bonds. The number of benzene rings is 1. The van der Waals surface area contributed by atoms with Crippen molar-refractivity contribution in [1.29, 1.82) is 5.26 Å². The van der Waals surface area contributed by atoms with Gasteiger partial charge in [0.1, 0.15) is 11.3 Å². The first-order valence-corrected chi connectivity index (χ1v) is 12.5. The first kappa shape index (κ1) is 24.3. The van der Waals surface area contributed by atoms with Crippen molar-refractivity contribution in [2.75, 3.05) is 20.3 Å². The molecular formula is C28H32N4O4. The summed E-state index contributed by atoms with van der Waals surface area (Å²) in [4.78, 5) is 34.7. The Bertz CT molecular complexity index is 1240. The maximum absolute atomic E-state index is 13.5. The van der Waals surface area contributed by atoms with Gasteiger partial charge in [-0.05, 0) is 69.7 Å². The Labute approximate surface area is 211 Å². The number of hydrogen-bond acceptors (Lipinski definition) is 6. The van der Waals surface area contributed by atoms with E-state index < -0.39 is 5.60 Å². The highest BCUT2D eigenvalue weighted by atomic mass is 16.6. The van der Waals surface area contributed by atoms with E-state index in [1.54, 1.807) is 12.0 Å². The van der Waals surface area contributed by atoms with Crippen LogP contribution >= 0.6 is 0 Å². The molecule has 5 rings (SSSR count). The van der Waals surface area contributed by atoms with Gasteiger partial charge in [-0.15, -0.1) is 0 Å². The van der Waals surface area contributed by atoms with Crippen LogP contribution in [-0.4, -0.2) is 64.7 Å². The molecule has 1 saturated heterocycles. The monoisotopic (exact) mass is 488 g/mol. The number of fused-ring (bicyclic) bond motifs is 1. The zero-order valence-corrected chi connectivity index (χ0v) is 21.3. The Hall–Kier alpha value is -3.44. The van der Waals surface area contributed by atoms with Gasteiger partial charge in [-0.1, -0.05) is 12.1 Å². The number of carbonyl (C=O) groups is 2. The molecule has 188 valence electrons. The number of amides is 2. The molecule has 0 bridgehead atoms. The van der Waals surface area contributed by atoms with Gasteiger partial charge in [0.25, 0.3) is 5.91 Å². The number of likely N-dealkylation sites (tertiary alicyclic amines) is 1. The van der Waals surface area contributed by atoms with Crippen LogP contribution in [-0.2, 0) is 16.0 Å². The molecule has 0 unspecified atom stereocenters. The number of nitrogens with zero attached hydrogens (tertiary/aromatic N) is 4. The summed E-state index contributed by atoms with van der Waals surface area (Å²) in [6, 6.07) is 11.6. The normalized spacial score (nSPS) is 21.5. The summed E-state index contributed by atoms with van der Waals surface area (Å²) < 4.78 is 11.0. The van der Waals surface area contributed by atoms with Crippen LogP contribution in [0.3, 0.4) is 0 Å². The van der Waals surface area contributed by atoms with Gasteiger partial charge in [-0.3, -0.25) is 4.79 Å². The van der Waals surface area contributed by atoms with Crippen LogP contribution in [0.25, 0.3) is 11.3 Å². The fourth-order valence-electron chi connectivity index (χ4n) is 5.25. The highest BCUT2D eigenvalue weighted by molar-refractivity contribution is 5.97. The predicted molar refractivity (Wildman–Crippen MR) is 133 cm³/mol. The van der Waals surface area contributed by atoms with Crippen molar-refractivity contribution in [3.63, 3.8) is 0 Å². The van der Waals surface area contributed by atoms with E-state index in [-0.39, 0.29) is 24.1 Å². The van der Waals surface area contributed by atoms with Gasteiger partial charge >= 0.3 is 6.09 Å². The molecule has 1 aliphatic carbocycles. The molecule has 1 saturated carbocycles. The third-order valence-electron chi connectivity index (χ3n) is 7.08. The van der Waals surface area contributed by atoms with Gasteiger partial charge in [0.2, 0.25) is 0 Å². The lowest BCUT2D eigenvalue weighted by atomic mass is 9.97. The van der Waals surface area contributed by atoms with Crippen LogP contribution in [0.4, 0.5) is 4.79 Å². The number of pyridine rings is 1. The molecule has 3 aliphatic rings. The first-order valence-electron chi connectivity index (χ1n) is 12.5. The Kier molecular flexibility index (Phi) is 6.21. The van der Waals surface area contributed by atoms with Crippen LogP contribution in [0.5, 0.6) is 0 Å². The van der Waals surface area contributed by atoms with Crippen LogP contribution in [0.1, 0.15) is 73.1 Å². The Morgan fingerprint density at radius 3 is 2.67 bits per heavy atom. The van der Waals surface area contributed by atoms with E-state index >= 15 is 0 Å². The van der Waals surface area contributed by atoms with Crippen molar-refractivity contribution in [1.82, 2.24) is 14.8 Å².